The lowest BCUT2D eigenvalue weighted by Gasteiger charge is -2.36. The van der Waals surface area contributed by atoms with Gasteiger partial charge in [0.2, 0.25) is 0 Å². The average Bonchev–Trinajstić information content (AvgIpc) is 2.05. The van der Waals surface area contributed by atoms with E-state index in [0.717, 1.165) is 18.2 Å². The first-order chi connectivity index (χ1) is 6.12. The lowest BCUT2D eigenvalue weighted by atomic mass is 9.96. The lowest BCUT2D eigenvalue weighted by molar-refractivity contribution is -0.0168. The lowest BCUT2D eigenvalue weighted by Crippen LogP contribution is -2.42. The number of rotatable bonds is 1. The predicted molar refractivity (Wildman–Crippen MR) is 44.7 cm³/mol. The van der Waals surface area contributed by atoms with Crippen molar-refractivity contribution in [1.82, 2.24) is 0 Å². The molecule has 0 bridgehead atoms. The molecule has 0 unspecified atom stereocenters. The first-order valence-corrected chi connectivity index (χ1v) is 4.22. The maximum Gasteiger partial charge on any atom is 0.128 e. The maximum atomic E-state index is 13.2. The number of halogens is 3. The molecule has 4 heteroatoms. The Morgan fingerprint density at radius 2 is 2.00 bits per heavy atom. The van der Waals surface area contributed by atoms with Crippen molar-refractivity contribution in [1.29, 1.82) is 0 Å². The molecule has 0 amide bonds. The van der Waals surface area contributed by atoms with Gasteiger partial charge in [0.25, 0.3) is 0 Å². The van der Waals surface area contributed by atoms with Gasteiger partial charge < -0.3 is 4.74 Å². The van der Waals surface area contributed by atoms with E-state index < -0.39 is 16.5 Å². The summed E-state index contributed by atoms with van der Waals surface area (Å²) in [4.78, 5) is -0.869. The van der Waals surface area contributed by atoms with Crippen LogP contribution in [0.5, 0.6) is 0 Å². The SMILES string of the molecule is Fc1ccc(F)c(C2(Cl)COC2)c1. The number of ether oxygens (including phenoxy) is 1. The number of hydrogen-bond donors (Lipinski definition) is 0. The van der Waals surface area contributed by atoms with Gasteiger partial charge in [0.1, 0.15) is 16.5 Å². The zero-order valence-corrected chi connectivity index (χ0v) is 7.44. The third kappa shape index (κ3) is 1.42. The molecule has 1 heterocycles. The molecule has 0 saturated carbocycles. The van der Waals surface area contributed by atoms with Gasteiger partial charge in [-0.15, -0.1) is 11.6 Å². The molecule has 1 saturated heterocycles. The van der Waals surface area contributed by atoms with E-state index in [1.807, 2.05) is 0 Å². The Bertz CT molecular complexity index is 336. The molecule has 1 aromatic rings. The van der Waals surface area contributed by atoms with Crippen LogP contribution in [0.2, 0.25) is 0 Å². The molecule has 0 aromatic heterocycles. The van der Waals surface area contributed by atoms with Crippen molar-refractivity contribution in [3.8, 4) is 0 Å². The second kappa shape index (κ2) is 2.93. The summed E-state index contributed by atoms with van der Waals surface area (Å²) < 4.78 is 30.8. The van der Waals surface area contributed by atoms with Crippen LogP contribution < -0.4 is 0 Å². The second-order valence-corrected chi connectivity index (χ2v) is 3.81. The molecular formula is C9H7ClF2O. The third-order valence-corrected chi connectivity index (χ3v) is 2.49. The zero-order chi connectivity index (χ0) is 9.47. The van der Waals surface area contributed by atoms with Crippen LogP contribution in [0, 0.1) is 11.6 Å². The van der Waals surface area contributed by atoms with Gasteiger partial charge in [-0.3, -0.25) is 0 Å². The Hall–Kier alpha value is -0.670. The van der Waals surface area contributed by atoms with E-state index >= 15 is 0 Å². The van der Waals surface area contributed by atoms with E-state index in [1.165, 1.54) is 0 Å². The first-order valence-electron chi connectivity index (χ1n) is 3.84. The zero-order valence-electron chi connectivity index (χ0n) is 6.69. The van der Waals surface area contributed by atoms with E-state index in [1.54, 1.807) is 0 Å². The molecule has 1 aliphatic heterocycles. The van der Waals surface area contributed by atoms with Crippen LogP contribution in [0.1, 0.15) is 5.56 Å². The van der Waals surface area contributed by atoms with Crippen molar-refractivity contribution >= 4 is 11.6 Å². The van der Waals surface area contributed by atoms with Crippen LogP contribution in [-0.2, 0) is 9.61 Å². The van der Waals surface area contributed by atoms with Gasteiger partial charge in [-0.25, -0.2) is 8.78 Å². The summed E-state index contributed by atoms with van der Waals surface area (Å²) >= 11 is 5.98. The molecule has 13 heavy (non-hydrogen) atoms. The quantitative estimate of drug-likeness (QED) is 0.639. The predicted octanol–water partition coefficient (Wildman–Crippen LogP) is 2.43. The van der Waals surface area contributed by atoms with Crippen LogP contribution >= 0.6 is 11.6 Å². The van der Waals surface area contributed by atoms with Crippen LogP contribution in [0.25, 0.3) is 0 Å². The van der Waals surface area contributed by atoms with Gasteiger partial charge in [-0.05, 0) is 18.2 Å². The molecule has 0 N–H and O–H groups in total. The summed E-state index contributed by atoms with van der Waals surface area (Å²) in [6.07, 6.45) is 0. The Labute approximate surface area is 79.3 Å². The van der Waals surface area contributed by atoms with Crippen molar-refractivity contribution in [3.05, 3.63) is 35.4 Å². The molecule has 2 rings (SSSR count). The molecule has 0 atom stereocenters. The summed E-state index contributed by atoms with van der Waals surface area (Å²) in [5.41, 5.74) is 0.181. The highest BCUT2D eigenvalue weighted by Crippen LogP contribution is 2.38. The minimum absolute atomic E-state index is 0.181. The summed E-state index contributed by atoms with van der Waals surface area (Å²) in [5.74, 6) is -0.969. The van der Waals surface area contributed by atoms with Crippen molar-refractivity contribution in [3.63, 3.8) is 0 Å². The van der Waals surface area contributed by atoms with Crippen LogP contribution in [-0.4, -0.2) is 13.2 Å². The van der Waals surface area contributed by atoms with Gasteiger partial charge in [-0.2, -0.15) is 0 Å². The van der Waals surface area contributed by atoms with E-state index in [4.69, 9.17) is 16.3 Å². The minimum atomic E-state index is -0.869. The highest BCUT2D eigenvalue weighted by Gasteiger charge is 2.40. The Kier molecular flexibility index (Phi) is 2.00. The highest BCUT2D eigenvalue weighted by molar-refractivity contribution is 6.24. The van der Waals surface area contributed by atoms with Crippen molar-refractivity contribution in [2.75, 3.05) is 13.2 Å². The molecule has 70 valence electrons. The van der Waals surface area contributed by atoms with Gasteiger partial charge in [0.05, 0.1) is 13.2 Å². The van der Waals surface area contributed by atoms with Gasteiger partial charge in [-0.1, -0.05) is 0 Å². The van der Waals surface area contributed by atoms with Gasteiger partial charge in [0, 0.05) is 5.56 Å². The highest BCUT2D eigenvalue weighted by atomic mass is 35.5. The first kappa shape index (κ1) is 8.91. The Morgan fingerprint density at radius 3 is 2.54 bits per heavy atom. The summed E-state index contributed by atoms with van der Waals surface area (Å²) in [7, 11) is 0. The van der Waals surface area contributed by atoms with Crippen molar-refractivity contribution < 1.29 is 13.5 Å². The largest absolute Gasteiger partial charge is 0.377 e. The molecule has 1 nitrogen and oxygen atoms in total. The van der Waals surface area contributed by atoms with E-state index in [9.17, 15) is 8.78 Å². The standard InChI is InChI=1S/C9H7ClF2O/c10-9(4-13-5-9)7-3-6(11)1-2-8(7)12/h1-3H,4-5H2. The molecule has 1 aliphatic rings. The summed E-state index contributed by atoms with van der Waals surface area (Å²) in [6.45, 7) is 0.462. The maximum absolute atomic E-state index is 13.2. The second-order valence-electron chi connectivity index (χ2n) is 3.08. The minimum Gasteiger partial charge on any atom is -0.377 e. The van der Waals surface area contributed by atoms with Gasteiger partial charge >= 0.3 is 0 Å². The Morgan fingerprint density at radius 1 is 1.31 bits per heavy atom. The topological polar surface area (TPSA) is 9.23 Å². The Balaban J connectivity index is 2.43. The molecule has 0 spiro atoms. The van der Waals surface area contributed by atoms with Crippen LogP contribution in [0.15, 0.2) is 18.2 Å². The van der Waals surface area contributed by atoms with Crippen molar-refractivity contribution in [2.45, 2.75) is 4.87 Å². The van der Waals surface area contributed by atoms with Crippen molar-refractivity contribution in [2.24, 2.45) is 0 Å². The third-order valence-electron chi connectivity index (χ3n) is 2.07. The molecule has 0 aliphatic carbocycles. The van der Waals surface area contributed by atoms with Crippen LogP contribution in [0.3, 0.4) is 0 Å². The molecule has 1 aromatic carbocycles. The fraction of sp³-hybridized carbons (Fsp3) is 0.333. The summed E-state index contributed by atoms with van der Waals surface area (Å²) in [6, 6.07) is 3.26. The van der Waals surface area contributed by atoms with Gasteiger partial charge in [0.15, 0.2) is 0 Å². The fourth-order valence-corrected chi connectivity index (χ4v) is 1.58. The van der Waals surface area contributed by atoms with E-state index in [-0.39, 0.29) is 18.8 Å². The van der Waals surface area contributed by atoms with E-state index in [2.05, 4.69) is 0 Å². The number of alkyl halides is 1. The molecule has 1 fully saturated rings. The van der Waals surface area contributed by atoms with E-state index in [0.29, 0.717) is 0 Å². The number of benzene rings is 1. The fourth-order valence-electron chi connectivity index (χ4n) is 1.28. The normalized spacial score (nSPS) is 19.6. The monoisotopic (exact) mass is 204 g/mol. The summed E-state index contributed by atoms with van der Waals surface area (Å²) in [5, 5.41) is 0. The smallest absolute Gasteiger partial charge is 0.128 e. The van der Waals surface area contributed by atoms with Crippen LogP contribution in [0.4, 0.5) is 8.78 Å². The molecule has 0 radical (unpaired) electrons. The average molecular weight is 205 g/mol. The molecular weight excluding hydrogens is 198 g/mol. The number of hydrogen-bond acceptors (Lipinski definition) is 1.